The van der Waals surface area contributed by atoms with E-state index in [9.17, 15) is 15.0 Å². The molecule has 1 heterocycles. The monoisotopic (exact) mass is 540 g/mol. The SMILES string of the molecule is CCCCNC(=O)c1ccc(CCCN(C[C@H](O)COc2ccccc2)C[C@H](O)COc2ccccc2)s1. The second kappa shape index (κ2) is 16.8. The van der Waals surface area contributed by atoms with Crippen LogP contribution >= 0.6 is 11.3 Å². The van der Waals surface area contributed by atoms with Crippen molar-refractivity contribution in [1.29, 1.82) is 0 Å². The Morgan fingerprint density at radius 3 is 2.00 bits per heavy atom. The van der Waals surface area contributed by atoms with Crippen LogP contribution in [0.5, 0.6) is 11.5 Å². The van der Waals surface area contributed by atoms with Crippen LogP contribution in [0, 0.1) is 0 Å². The maximum atomic E-state index is 12.3. The van der Waals surface area contributed by atoms with Crippen LogP contribution in [0.3, 0.4) is 0 Å². The number of hydrogen-bond acceptors (Lipinski definition) is 7. The summed E-state index contributed by atoms with van der Waals surface area (Å²) >= 11 is 1.52. The van der Waals surface area contributed by atoms with Crippen molar-refractivity contribution in [3.05, 3.63) is 82.6 Å². The number of benzene rings is 2. The Bertz CT molecular complexity index is 996. The van der Waals surface area contributed by atoms with Gasteiger partial charge in [0.2, 0.25) is 0 Å². The number of aliphatic hydroxyl groups excluding tert-OH is 2. The summed E-state index contributed by atoms with van der Waals surface area (Å²) in [5.41, 5.74) is 0. The summed E-state index contributed by atoms with van der Waals surface area (Å²) in [4.78, 5) is 16.2. The van der Waals surface area contributed by atoms with Crippen molar-refractivity contribution in [3.8, 4) is 11.5 Å². The lowest BCUT2D eigenvalue weighted by Gasteiger charge is -2.27. The predicted molar refractivity (Wildman–Crippen MR) is 152 cm³/mol. The smallest absolute Gasteiger partial charge is 0.261 e. The molecule has 0 saturated heterocycles. The molecule has 38 heavy (non-hydrogen) atoms. The van der Waals surface area contributed by atoms with E-state index in [1.54, 1.807) is 0 Å². The maximum Gasteiger partial charge on any atom is 0.261 e. The Morgan fingerprint density at radius 2 is 1.45 bits per heavy atom. The van der Waals surface area contributed by atoms with Gasteiger partial charge in [0, 0.05) is 24.5 Å². The zero-order valence-corrected chi connectivity index (χ0v) is 22.9. The topological polar surface area (TPSA) is 91.3 Å². The first-order valence-electron chi connectivity index (χ1n) is 13.3. The van der Waals surface area contributed by atoms with Crippen molar-refractivity contribution in [2.75, 3.05) is 39.4 Å². The van der Waals surface area contributed by atoms with Crippen molar-refractivity contribution >= 4 is 17.2 Å². The number of carbonyl (C=O) groups excluding carboxylic acids is 1. The minimum atomic E-state index is -0.711. The average molecular weight is 541 g/mol. The van der Waals surface area contributed by atoms with Crippen LogP contribution < -0.4 is 14.8 Å². The Balaban J connectivity index is 1.49. The molecular weight excluding hydrogens is 500 g/mol. The number of amides is 1. The minimum Gasteiger partial charge on any atom is -0.491 e. The minimum absolute atomic E-state index is 0.0144. The van der Waals surface area contributed by atoms with Crippen LogP contribution in [0.25, 0.3) is 0 Å². The average Bonchev–Trinajstić information content (AvgIpc) is 3.41. The molecule has 0 aliphatic heterocycles. The molecule has 206 valence electrons. The van der Waals surface area contributed by atoms with Crippen LogP contribution in [-0.2, 0) is 6.42 Å². The number of hydrogen-bond donors (Lipinski definition) is 3. The van der Waals surface area contributed by atoms with E-state index in [-0.39, 0.29) is 19.1 Å². The molecule has 1 amide bonds. The van der Waals surface area contributed by atoms with Crippen LogP contribution in [-0.4, -0.2) is 72.6 Å². The molecule has 3 rings (SSSR count). The highest BCUT2D eigenvalue weighted by Crippen LogP contribution is 2.19. The Hall–Kier alpha value is -2.91. The highest BCUT2D eigenvalue weighted by atomic mass is 32.1. The number of para-hydroxylation sites is 2. The third-order valence-electron chi connectivity index (χ3n) is 5.91. The fourth-order valence-corrected chi connectivity index (χ4v) is 4.92. The normalized spacial score (nSPS) is 12.7. The van der Waals surface area contributed by atoms with E-state index in [1.807, 2.05) is 77.7 Å². The van der Waals surface area contributed by atoms with E-state index in [2.05, 4.69) is 12.2 Å². The summed E-state index contributed by atoms with van der Waals surface area (Å²) in [5.74, 6) is 1.41. The van der Waals surface area contributed by atoms with Crippen LogP contribution in [0.15, 0.2) is 72.8 Å². The quantitative estimate of drug-likeness (QED) is 0.207. The van der Waals surface area contributed by atoms with E-state index >= 15 is 0 Å². The van der Waals surface area contributed by atoms with E-state index < -0.39 is 12.2 Å². The standard InChI is InChI=1S/C30H40N2O5S/c1-2-3-18-31-30(35)29-17-16-28(38-29)15-10-19-32(20-24(33)22-36-26-11-6-4-7-12-26)21-25(34)23-37-27-13-8-5-9-14-27/h4-9,11-14,16-17,24-25,33-34H,2-3,10,15,18-23H2,1H3,(H,31,35)/t24-,25-/m0/s1. The number of thiophene rings is 1. The molecule has 2 aromatic carbocycles. The van der Waals surface area contributed by atoms with Gasteiger partial charge in [-0.1, -0.05) is 49.7 Å². The number of carbonyl (C=O) groups is 1. The van der Waals surface area contributed by atoms with E-state index in [4.69, 9.17) is 9.47 Å². The summed E-state index contributed by atoms with van der Waals surface area (Å²) in [7, 11) is 0. The number of unbranched alkanes of at least 4 members (excludes halogenated alkanes) is 1. The molecule has 0 spiro atoms. The molecule has 2 atom stereocenters. The molecule has 0 bridgehead atoms. The van der Waals surface area contributed by atoms with E-state index in [0.717, 1.165) is 35.4 Å². The fraction of sp³-hybridized carbons (Fsp3) is 0.433. The van der Waals surface area contributed by atoms with E-state index in [1.165, 1.54) is 11.3 Å². The van der Waals surface area contributed by atoms with Gasteiger partial charge in [0.25, 0.3) is 5.91 Å². The highest BCUT2D eigenvalue weighted by Gasteiger charge is 2.17. The Kier molecular flexibility index (Phi) is 13.1. The summed E-state index contributed by atoms with van der Waals surface area (Å²) in [6, 6.07) is 22.7. The van der Waals surface area contributed by atoms with Crippen molar-refractivity contribution in [1.82, 2.24) is 10.2 Å². The summed E-state index contributed by atoms with van der Waals surface area (Å²) in [5, 5.41) is 24.3. The number of aryl methyl sites for hydroxylation is 1. The second-order valence-corrected chi connectivity index (χ2v) is 10.5. The van der Waals surface area contributed by atoms with Gasteiger partial charge in [0.05, 0.1) is 4.88 Å². The number of ether oxygens (including phenoxy) is 2. The second-order valence-electron chi connectivity index (χ2n) is 9.29. The van der Waals surface area contributed by atoms with Crippen molar-refractivity contribution in [3.63, 3.8) is 0 Å². The summed E-state index contributed by atoms with van der Waals surface area (Å²) < 4.78 is 11.4. The lowest BCUT2D eigenvalue weighted by atomic mass is 10.2. The molecule has 7 nitrogen and oxygen atoms in total. The van der Waals surface area contributed by atoms with Crippen LogP contribution in [0.2, 0.25) is 0 Å². The molecule has 0 aliphatic rings. The first kappa shape index (κ1) is 29.6. The first-order chi connectivity index (χ1) is 18.5. The molecule has 0 aliphatic carbocycles. The van der Waals surface area contributed by atoms with Crippen molar-refractivity contribution < 1.29 is 24.5 Å². The maximum absolute atomic E-state index is 12.3. The van der Waals surface area contributed by atoms with Gasteiger partial charge in [0.1, 0.15) is 36.9 Å². The molecule has 0 unspecified atom stereocenters. The third-order valence-corrected chi connectivity index (χ3v) is 7.05. The van der Waals surface area contributed by atoms with Crippen LogP contribution in [0.4, 0.5) is 0 Å². The number of aliphatic hydroxyl groups is 2. The van der Waals surface area contributed by atoms with Crippen LogP contribution in [0.1, 0.15) is 40.7 Å². The molecular formula is C30H40N2O5S. The van der Waals surface area contributed by atoms with Crippen molar-refractivity contribution in [2.45, 2.75) is 44.8 Å². The van der Waals surface area contributed by atoms with Gasteiger partial charge in [-0.3, -0.25) is 9.69 Å². The molecule has 0 fully saturated rings. The Labute approximate surface area is 230 Å². The molecule has 3 N–H and O–H groups in total. The molecule has 3 aromatic rings. The molecule has 0 radical (unpaired) electrons. The zero-order valence-electron chi connectivity index (χ0n) is 22.1. The summed E-state index contributed by atoms with van der Waals surface area (Å²) in [6.45, 7) is 4.54. The van der Waals surface area contributed by atoms with Gasteiger partial charge in [-0.15, -0.1) is 11.3 Å². The number of nitrogens with one attached hydrogen (secondary N) is 1. The van der Waals surface area contributed by atoms with Gasteiger partial charge >= 0.3 is 0 Å². The van der Waals surface area contributed by atoms with Gasteiger partial charge in [0.15, 0.2) is 0 Å². The van der Waals surface area contributed by atoms with Gasteiger partial charge in [-0.2, -0.15) is 0 Å². The van der Waals surface area contributed by atoms with Gasteiger partial charge in [-0.05, 0) is 62.2 Å². The Morgan fingerprint density at radius 1 is 0.868 bits per heavy atom. The van der Waals surface area contributed by atoms with Crippen molar-refractivity contribution in [2.24, 2.45) is 0 Å². The van der Waals surface area contributed by atoms with Gasteiger partial charge < -0.3 is 25.0 Å². The number of nitrogens with zero attached hydrogens (tertiary/aromatic N) is 1. The largest absolute Gasteiger partial charge is 0.491 e. The number of rotatable bonds is 18. The lowest BCUT2D eigenvalue weighted by molar-refractivity contribution is 0.0310. The molecule has 0 saturated carbocycles. The van der Waals surface area contributed by atoms with Gasteiger partial charge in [-0.25, -0.2) is 0 Å². The highest BCUT2D eigenvalue weighted by molar-refractivity contribution is 7.14. The third kappa shape index (κ3) is 11.2. The summed E-state index contributed by atoms with van der Waals surface area (Å²) in [6.07, 6.45) is 2.25. The predicted octanol–water partition coefficient (Wildman–Crippen LogP) is 4.39. The molecule has 1 aromatic heterocycles. The lowest BCUT2D eigenvalue weighted by Crippen LogP contribution is -2.42. The fourth-order valence-electron chi connectivity index (χ4n) is 3.95. The zero-order chi connectivity index (χ0) is 27.0. The first-order valence-corrected chi connectivity index (χ1v) is 14.2. The molecule has 8 heteroatoms. The van der Waals surface area contributed by atoms with E-state index in [0.29, 0.717) is 37.7 Å².